The first kappa shape index (κ1) is 6.33. The Hall–Kier alpha value is 0.210. The van der Waals surface area contributed by atoms with Crippen LogP contribution in [0.4, 0.5) is 0 Å². The molecular weight excluding hydrogens is 128 g/mol. The summed E-state index contributed by atoms with van der Waals surface area (Å²) in [6.07, 6.45) is 0.573. The number of aliphatic hydroxyl groups excluding tert-OH is 1. The number of hydrogen-bond acceptors (Lipinski definition) is 2. The molecule has 0 aromatic heterocycles. The lowest BCUT2D eigenvalue weighted by molar-refractivity contribution is 0.0885. The van der Waals surface area contributed by atoms with E-state index >= 15 is 0 Å². The highest BCUT2D eigenvalue weighted by atomic mass is 35.5. The Morgan fingerprint density at radius 1 is 1.88 bits per heavy atom. The van der Waals surface area contributed by atoms with Crippen LogP contribution in [0.2, 0.25) is 0 Å². The predicted molar refractivity (Wildman–Crippen MR) is 30.5 cm³/mol. The van der Waals surface area contributed by atoms with Crippen LogP contribution in [0.3, 0.4) is 0 Å². The minimum atomic E-state index is -0.170. The van der Waals surface area contributed by atoms with Crippen LogP contribution >= 0.6 is 11.6 Å². The number of halogens is 1. The highest BCUT2D eigenvalue weighted by Crippen LogP contribution is 2.21. The zero-order valence-electron chi connectivity index (χ0n) is 4.38. The Morgan fingerprint density at radius 3 is 2.88 bits per heavy atom. The minimum Gasteiger partial charge on any atom is -0.394 e. The quantitative estimate of drug-likeness (QED) is 0.532. The fourth-order valence-corrected chi connectivity index (χ4v) is 0.877. The van der Waals surface area contributed by atoms with Crippen LogP contribution in [0.15, 0.2) is 0 Å². The van der Waals surface area contributed by atoms with Crippen molar-refractivity contribution in [2.75, 3.05) is 6.61 Å². The summed E-state index contributed by atoms with van der Waals surface area (Å²) in [5, 5.41) is 8.48. The average molecular weight is 136 g/mol. The largest absolute Gasteiger partial charge is 0.394 e. The number of aliphatic hydroxyl groups is 1. The van der Waals surface area contributed by atoms with Gasteiger partial charge in [0.2, 0.25) is 0 Å². The van der Waals surface area contributed by atoms with Crippen molar-refractivity contribution in [3.05, 3.63) is 6.61 Å². The summed E-state index contributed by atoms with van der Waals surface area (Å²) in [6.45, 7) is 1.66. The second kappa shape index (κ2) is 2.67. The summed E-state index contributed by atoms with van der Waals surface area (Å²) in [5.41, 5.74) is 0. The molecule has 47 valence electrons. The lowest BCUT2D eigenvalue weighted by atomic mass is 10.2. The van der Waals surface area contributed by atoms with Crippen LogP contribution < -0.4 is 0 Å². The second-order valence-electron chi connectivity index (χ2n) is 1.78. The molecule has 8 heavy (non-hydrogen) atoms. The van der Waals surface area contributed by atoms with Gasteiger partial charge >= 0.3 is 0 Å². The van der Waals surface area contributed by atoms with E-state index in [9.17, 15) is 0 Å². The number of alkyl halides is 1. The van der Waals surface area contributed by atoms with Crippen LogP contribution in [0.25, 0.3) is 0 Å². The molecule has 1 aliphatic rings. The van der Waals surface area contributed by atoms with Gasteiger partial charge in [-0.3, -0.25) is 0 Å². The van der Waals surface area contributed by atoms with E-state index in [4.69, 9.17) is 21.4 Å². The summed E-state index contributed by atoms with van der Waals surface area (Å²) in [7, 11) is 0. The van der Waals surface area contributed by atoms with Gasteiger partial charge < -0.3 is 9.84 Å². The predicted octanol–water partition coefficient (Wildman–Crippen LogP) is 0.537. The van der Waals surface area contributed by atoms with E-state index in [2.05, 4.69) is 0 Å². The van der Waals surface area contributed by atoms with Crippen molar-refractivity contribution in [1.29, 1.82) is 0 Å². The van der Waals surface area contributed by atoms with Crippen LogP contribution in [-0.2, 0) is 4.74 Å². The molecule has 1 heterocycles. The summed E-state index contributed by atoms with van der Waals surface area (Å²) in [6, 6.07) is 0. The molecule has 1 saturated heterocycles. The summed E-state index contributed by atoms with van der Waals surface area (Å²) >= 11 is 5.66. The SMILES string of the molecule is OC[C@H]1O[CH]C[C@@H]1Cl. The molecule has 0 spiro atoms. The maximum Gasteiger partial charge on any atom is 0.0974 e. The molecule has 0 saturated carbocycles. The monoisotopic (exact) mass is 135 g/mol. The van der Waals surface area contributed by atoms with Gasteiger partial charge in [0.05, 0.1) is 24.7 Å². The first-order chi connectivity index (χ1) is 3.84. The molecule has 1 radical (unpaired) electrons. The van der Waals surface area contributed by atoms with E-state index in [0.29, 0.717) is 0 Å². The van der Waals surface area contributed by atoms with Crippen molar-refractivity contribution < 1.29 is 9.84 Å². The molecule has 1 fully saturated rings. The van der Waals surface area contributed by atoms with Crippen molar-refractivity contribution in [2.45, 2.75) is 17.9 Å². The third-order valence-corrected chi connectivity index (χ3v) is 1.63. The van der Waals surface area contributed by atoms with Gasteiger partial charge in [-0.15, -0.1) is 11.6 Å². The van der Waals surface area contributed by atoms with Gasteiger partial charge in [0.15, 0.2) is 0 Å². The van der Waals surface area contributed by atoms with Gasteiger partial charge in [-0.2, -0.15) is 0 Å². The Kier molecular flexibility index (Phi) is 2.11. The van der Waals surface area contributed by atoms with Crippen molar-refractivity contribution in [1.82, 2.24) is 0 Å². The first-order valence-electron chi connectivity index (χ1n) is 2.56. The number of rotatable bonds is 1. The molecule has 0 aromatic rings. The Bertz CT molecular complexity index is 76.8. The Balaban J connectivity index is 2.30. The van der Waals surface area contributed by atoms with Crippen LogP contribution in [0, 0.1) is 6.61 Å². The smallest absolute Gasteiger partial charge is 0.0974 e. The summed E-state index contributed by atoms with van der Waals surface area (Å²) < 4.78 is 4.91. The molecule has 2 atom stereocenters. The zero-order chi connectivity index (χ0) is 5.98. The van der Waals surface area contributed by atoms with Crippen LogP contribution in [0.1, 0.15) is 6.42 Å². The van der Waals surface area contributed by atoms with Crippen LogP contribution in [-0.4, -0.2) is 23.2 Å². The van der Waals surface area contributed by atoms with Crippen molar-refractivity contribution in [3.8, 4) is 0 Å². The molecule has 0 amide bonds. The molecule has 0 aromatic carbocycles. The molecule has 3 heteroatoms. The van der Waals surface area contributed by atoms with E-state index in [1.807, 2.05) is 0 Å². The topological polar surface area (TPSA) is 29.5 Å². The van der Waals surface area contributed by atoms with E-state index in [1.165, 1.54) is 0 Å². The van der Waals surface area contributed by atoms with Gasteiger partial charge in [0.25, 0.3) is 0 Å². The van der Waals surface area contributed by atoms with E-state index < -0.39 is 0 Å². The van der Waals surface area contributed by atoms with Gasteiger partial charge in [0, 0.05) is 0 Å². The maximum atomic E-state index is 8.51. The number of ether oxygens (including phenoxy) is 1. The fourth-order valence-electron chi connectivity index (χ4n) is 0.666. The molecule has 0 bridgehead atoms. The van der Waals surface area contributed by atoms with E-state index in [0.717, 1.165) is 6.42 Å². The van der Waals surface area contributed by atoms with Crippen LogP contribution in [0.5, 0.6) is 0 Å². The lowest BCUT2D eigenvalue weighted by Crippen LogP contribution is -2.19. The lowest BCUT2D eigenvalue weighted by Gasteiger charge is -2.06. The molecule has 1 rings (SSSR count). The summed E-state index contributed by atoms with van der Waals surface area (Å²) in [4.78, 5) is 0. The van der Waals surface area contributed by atoms with E-state index in [1.54, 1.807) is 6.61 Å². The highest BCUT2D eigenvalue weighted by molar-refractivity contribution is 6.21. The third-order valence-electron chi connectivity index (χ3n) is 1.18. The molecular formula is C5H8ClO2. The van der Waals surface area contributed by atoms with Crippen molar-refractivity contribution in [2.24, 2.45) is 0 Å². The third kappa shape index (κ3) is 1.13. The normalized spacial score (nSPS) is 38.2. The highest BCUT2D eigenvalue weighted by Gasteiger charge is 2.25. The first-order valence-corrected chi connectivity index (χ1v) is 3.00. The van der Waals surface area contributed by atoms with Crippen molar-refractivity contribution >= 4 is 11.6 Å². The van der Waals surface area contributed by atoms with Gasteiger partial charge in [-0.05, 0) is 6.42 Å². The van der Waals surface area contributed by atoms with E-state index in [-0.39, 0.29) is 18.1 Å². The molecule has 0 unspecified atom stereocenters. The molecule has 0 aliphatic carbocycles. The molecule has 1 aliphatic heterocycles. The minimum absolute atomic E-state index is 0.0185. The summed E-state index contributed by atoms with van der Waals surface area (Å²) in [5.74, 6) is 0. The van der Waals surface area contributed by atoms with Gasteiger partial charge in [0.1, 0.15) is 0 Å². The number of hydrogen-bond donors (Lipinski definition) is 1. The second-order valence-corrected chi connectivity index (χ2v) is 2.34. The fraction of sp³-hybridized carbons (Fsp3) is 0.800. The Morgan fingerprint density at radius 2 is 2.62 bits per heavy atom. The van der Waals surface area contributed by atoms with Crippen molar-refractivity contribution in [3.63, 3.8) is 0 Å². The maximum absolute atomic E-state index is 8.51. The Labute approximate surface area is 53.4 Å². The molecule has 1 N–H and O–H groups in total. The molecule has 2 nitrogen and oxygen atoms in total. The van der Waals surface area contributed by atoms with Gasteiger partial charge in [-0.25, -0.2) is 0 Å². The zero-order valence-corrected chi connectivity index (χ0v) is 5.14. The van der Waals surface area contributed by atoms with Gasteiger partial charge in [-0.1, -0.05) is 0 Å². The standard InChI is InChI=1S/C5H8ClO2/c6-4-1-2-8-5(4)3-7/h2,4-5,7H,1,3H2/t4-,5+/m0/s1. The average Bonchev–Trinajstić information content (AvgIpc) is 2.14.